The lowest BCUT2D eigenvalue weighted by Gasteiger charge is -2.17. The average molecular weight is 316 g/mol. The van der Waals surface area contributed by atoms with Gasteiger partial charge in [-0.3, -0.25) is 4.79 Å². The third kappa shape index (κ3) is 2.19. The van der Waals surface area contributed by atoms with Crippen LogP contribution in [0.5, 0.6) is 0 Å². The number of rotatable bonds is 1. The highest BCUT2D eigenvalue weighted by Gasteiger charge is 2.30. The second-order valence-corrected chi connectivity index (χ2v) is 5.80. The van der Waals surface area contributed by atoms with Gasteiger partial charge in [-0.2, -0.15) is 0 Å². The molecule has 1 amide bonds. The quantitative estimate of drug-likeness (QED) is 0.771. The number of carbonyl (C=O) groups excluding carboxylic acids is 1. The molecular formula is C16H14BrNO. The fraction of sp³-hybridized carbons (Fsp3) is 0.188. The Bertz CT molecular complexity index is 624. The van der Waals surface area contributed by atoms with Gasteiger partial charge >= 0.3 is 0 Å². The summed E-state index contributed by atoms with van der Waals surface area (Å²) in [6, 6.07) is 15.6. The Labute approximate surface area is 121 Å². The van der Waals surface area contributed by atoms with Gasteiger partial charge in [0.1, 0.15) is 0 Å². The number of benzene rings is 2. The number of hydrogen-bond donors (Lipinski definition) is 0. The third-order valence-corrected chi connectivity index (χ3v) is 4.03. The molecule has 2 aromatic carbocycles. The number of anilines is 1. The Morgan fingerprint density at radius 3 is 2.68 bits per heavy atom. The zero-order chi connectivity index (χ0) is 13.4. The fourth-order valence-electron chi connectivity index (χ4n) is 2.57. The Morgan fingerprint density at radius 1 is 1.21 bits per heavy atom. The molecule has 0 aliphatic carbocycles. The van der Waals surface area contributed by atoms with E-state index in [1.165, 1.54) is 5.56 Å². The molecule has 0 radical (unpaired) electrons. The van der Waals surface area contributed by atoms with Crippen molar-refractivity contribution in [2.75, 3.05) is 11.4 Å². The normalized spacial score (nSPS) is 17.4. The van der Waals surface area contributed by atoms with E-state index in [4.69, 9.17) is 0 Å². The molecule has 1 aliphatic rings. The van der Waals surface area contributed by atoms with Crippen LogP contribution in [0.3, 0.4) is 0 Å². The van der Waals surface area contributed by atoms with E-state index >= 15 is 0 Å². The van der Waals surface area contributed by atoms with Crippen LogP contribution in [0.15, 0.2) is 53.0 Å². The maximum atomic E-state index is 12.6. The van der Waals surface area contributed by atoms with E-state index in [9.17, 15) is 4.79 Å². The molecule has 2 nitrogen and oxygen atoms in total. The molecule has 0 N–H and O–H groups in total. The molecule has 0 spiro atoms. The Hall–Kier alpha value is -1.61. The minimum Gasteiger partial charge on any atom is -0.307 e. The molecule has 1 atom stereocenters. The molecule has 1 heterocycles. The first-order valence-electron chi connectivity index (χ1n) is 6.33. The Kier molecular flexibility index (Phi) is 3.15. The van der Waals surface area contributed by atoms with Gasteiger partial charge < -0.3 is 4.90 Å². The van der Waals surface area contributed by atoms with Crippen molar-refractivity contribution in [3.05, 3.63) is 64.1 Å². The predicted octanol–water partition coefficient (Wildman–Crippen LogP) is 4.21. The molecule has 3 heteroatoms. The van der Waals surface area contributed by atoms with Gasteiger partial charge in [-0.05, 0) is 29.8 Å². The predicted molar refractivity (Wildman–Crippen MR) is 80.7 cm³/mol. The number of amides is 1. The molecule has 19 heavy (non-hydrogen) atoms. The van der Waals surface area contributed by atoms with E-state index in [0.717, 1.165) is 22.3 Å². The van der Waals surface area contributed by atoms with Gasteiger partial charge in [0.15, 0.2) is 0 Å². The maximum Gasteiger partial charge on any atom is 0.258 e. The van der Waals surface area contributed by atoms with Crippen molar-refractivity contribution in [2.45, 2.75) is 12.8 Å². The molecule has 3 rings (SSSR count). The summed E-state index contributed by atoms with van der Waals surface area (Å²) < 4.78 is 1.01. The van der Waals surface area contributed by atoms with Crippen LogP contribution in [0.1, 0.15) is 28.8 Å². The Morgan fingerprint density at radius 2 is 1.95 bits per heavy atom. The zero-order valence-corrected chi connectivity index (χ0v) is 12.2. The number of carbonyl (C=O) groups is 1. The van der Waals surface area contributed by atoms with E-state index in [1.54, 1.807) is 0 Å². The van der Waals surface area contributed by atoms with E-state index in [0.29, 0.717) is 5.92 Å². The van der Waals surface area contributed by atoms with Crippen molar-refractivity contribution in [3.8, 4) is 0 Å². The second kappa shape index (κ2) is 4.82. The number of fused-ring (bicyclic) bond motifs is 1. The first kappa shape index (κ1) is 12.4. The molecular weight excluding hydrogens is 302 g/mol. The van der Waals surface area contributed by atoms with E-state index in [1.807, 2.05) is 47.4 Å². The molecule has 0 saturated carbocycles. The first-order chi connectivity index (χ1) is 9.16. The van der Waals surface area contributed by atoms with Gasteiger partial charge in [0.2, 0.25) is 0 Å². The summed E-state index contributed by atoms with van der Waals surface area (Å²) in [5.41, 5.74) is 3.01. The van der Waals surface area contributed by atoms with Gasteiger partial charge in [0.25, 0.3) is 5.91 Å². The highest BCUT2D eigenvalue weighted by Crippen LogP contribution is 2.38. The first-order valence-corrected chi connectivity index (χ1v) is 7.12. The maximum absolute atomic E-state index is 12.6. The van der Waals surface area contributed by atoms with Crippen LogP contribution in [0.2, 0.25) is 0 Å². The van der Waals surface area contributed by atoms with E-state index in [-0.39, 0.29) is 5.91 Å². The summed E-state index contributed by atoms with van der Waals surface area (Å²) in [5, 5.41) is 0. The molecule has 0 saturated heterocycles. The third-order valence-electron chi connectivity index (χ3n) is 3.54. The molecule has 1 unspecified atom stereocenters. The summed E-state index contributed by atoms with van der Waals surface area (Å²) in [6.45, 7) is 2.91. The summed E-state index contributed by atoms with van der Waals surface area (Å²) in [7, 11) is 0. The van der Waals surface area contributed by atoms with Gasteiger partial charge in [0, 0.05) is 28.2 Å². The number of hydrogen-bond acceptors (Lipinski definition) is 1. The van der Waals surface area contributed by atoms with Gasteiger partial charge in [0.05, 0.1) is 0 Å². The van der Waals surface area contributed by atoms with Crippen LogP contribution in [0, 0.1) is 0 Å². The van der Waals surface area contributed by atoms with Crippen LogP contribution >= 0.6 is 15.9 Å². The summed E-state index contributed by atoms with van der Waals surface area (Å²) >= 11 is 3.48. The summed E-state index contributed by atoms with van der Waals surface area (Å²) in [6.07, 6.45) is 0. The van der Waals surface area contributed by atoms with E-state index < -0.39 is 0 Å². The van der Waals surface area contributed by atoms with Crippen LogP contribution in [0.4, 0.5) is 5.69 Å². The SMILES string of the molecule is CC1CN(C(=O)c2ccccc2)c2cc(Br)ccc21. The van der Waals surface area contributed by atoms with Crippen molar-refractivity contribution in [1.29, 1.82) is 0 Å². The Balaban J connectivity index is 2.01. The lowest BCUT2D eigenvalue weighted by atomic mass is 10.0. The minimum atomic E-state index is 0.0734. The highest BCUT2D eigenvalue weighted by molar-refractivity contribution is 9.10. The molecule has 0 aromatic heterocycles. The van der Waals surface area contributed by atoms with Crippen LogP contribution in [-0.2, 0) is 0 Å². The summed E-state index contributed by atoms with van der Waals surface area (Å²) in [4.78, 5) is 14.5. The lowest BCUT2D eigenvalue weighted by molar-refractivity contribution is 0.0988. The monoisotopic (exact) mass is 315 g/mol. The van der Waals surface area contributed by atoms with Gasteiger partial charge in [-0.15, -0.1) is 0 Å². The van der Waals surface area contributed by atoms with Crippen molar-refractivity contribution in [1.82, 2.24) is 0 Å². The number of nitrogens with zero attached hydrogens (tertiary/aromatic N) is 1. The van der Waals surface area contributed by atoms with Crippen LogP contribution < -0.4 is 4.90 Å². The molecule has 96 valence electrons. The van der Waals surface area contributed by atoms with Gasteiger partial charge in [-0.25, -0.2) is 0 Å². The molecule has 2 aromatic rings. The lowest BCUT2D eigenvalue weighted by Crippen LogP contribution is -2.29. The van der Waals surface area contributed by atoms with Crippen molar-refractivity contribution >= 4 is 27.5 Å². The van der Waals surface area contributed by atoms with Crippen molar-refractivity contribution in [3.63, 3.8) is 0 Å². The second-order valence-electron chi connectivity index (χ2n) is 4.89. The number of halogens is 1. The smallest absolute Gasteiger partial charge is 0.258 e. The van der Waals surface area contributed by atoms with Crippen LogP contribution in [-0.4, -0.2) is 12.5 Å². The average Bonchev–Trinajstić information content (AvgIpc) is 2.75. The van der Waals surface area contributed by atoms with Gasteiger partial charge in [-0.1, -0.05) is 47.1 Å². The highest BCUT2D eigenvalue weighted by atomic mass is 79.9. The van der Waals surface area contributed by atoms with Crippen LogP contribution in [0.25, 0.3) is 0 Å². The van der Waals surface area contributed by atoms with Crippen molar-refractivity contribution < 1.29 is 4.79 Å². The fourth-order valence-corrected chi connectivity index (χ4v) is 2.92. The summed E-state index contributed by atoms with van der Waals surface area (Å²) in [5.74, 6) is 0.458. The molecule has 0 bridgehead atoms. The topological polar surface area (TPSA) is 20.3 Å². The molecule has 1 aliphatic heterocycles. The molecule has 0 fully saturated rings. The minimum absolute atomic E-state index is 0.0734. The standard InChI is InChI=1S/C16H14BrNO/c1-11-10-18(15-9-13(17)7-8-14(11)15)16(19)12-5-3-2-4-6-12/h2-9,11H,10H2,1H3. The van der Waals surface area contributed by atoms with Crippen molar-refractivity contribution in [2.24, 2.45) is 0 Å². The zero-order valence-electron chi connectivity index (χ0n) is 10.6. The van der Waals surface area contributed by atoms with E-state index in [2.05, 4.69) is 28.9 Å². The largest absolute Gasteiger partial charge is 0.307 e.